The van der Waals surface area contributed by atoms with E-state index in [9.17, 15) is 4.79 Å². The van der Waals surface area contributed by atoms with Gasteiger partial charge in [0.2, 0.25) is 5.95 Å². The molecule has 1 heterocycles. The van der Waals surface area contributed by atoms with Crippen LogP contribution >= 0.6 is 0 Å². The highest BCUT2D eigenvalue weighted by Gasteiger charge is 2.15. The Labute approximate surface area is 147 Å². The summed E-state index contributed by atoms with van der Waals surface area (Å²) in [5.41, 5.74) is 13.5. The molecule has 8 heteroatoms. The largest absolute Gasteiger partial charge is 0.380 e. The van der Waals surface area contributed by atoms with Gasteiger partial charge in [0.25, 0.3) is 5.91 Å². The van der Waals surface area contributed by atoms with Crippen molar-refractivity contribution in [2.45, 2.75) is 26.0 Å². The van der Waals surface area contributed by atoms with Crippen molar-refractivity contribution in [3.05, 3.63) is 41.6 Å². The maximum atomic E-state index is 11.6. The summed E-state index contributed by atoms with van der Waals surface area (Å²) in [6, 6.07) is 7.48. The lowest BCUT2D eigenvalue weighted by molar-refractivity contribution is 0.0989. The van der Waals surface area contributed by atoms with E-state index in [0.717, 1.165) is 11.3 Å². The molecule has 0 radical (unpaired) electrons. The molecule has 0 aliphatic rings. The molecule has 0 saturated carbocycles. The predicted octanol–water partition coefficient (Wildman–Crippen LogP) is 1.40. The second-order valence-electron chi connectivity index (χ2n) is 5.80. The standard InChI is InChI=1S/C17H24N6O2/c1-10-5-4-6-12(7-10)22-16-13(15(19)24)8-20-17(23-16)21-9-14(18)11(2)25-3/h4-8,11,14H,9,18H2,1-3H3,(H2,19,24)(H2,20,21,22,23)/t11-,14+/m0/s1. The van der Waals surface area contributed by atoms with Crippen LogP contribution in [0, 0.1) is 6.92 Å². The van der Waals surface area contributed by atoms with Gasteiger partial charge in [-0.15, -0.1) is 0 Å². The van der Waals surface area contributed by atoms with Gasteiger partial charge in [0.05, 0.1) is 6.10 Å². The van der Waals surface area contributed by atoms with Gasteiger partial charge >= 0.3 is 0 Å². The van der Waals surface area contributed by atoms with Gasteiger partial charge in [-0.05, 0) is 31.5 Å². The number of aryl methyl sites for hydroxylation is 1. The summed E-state index contributed by atoms with van der Waals surface area (Å²) in [4.78, 5) is 20.1. The minimum Gasteiger partial charge on any atom is -0.380 e. The van der Waals surface area contributed by atoms with Crippen molar-refractivity contribution in [2.75, 3.05) is 24.3 Å². The number of nitrogens with two attached hydrogens (primary N) is 2. The number of benzene rings is 1. The van der Waals surface area contributed by atoms with E-state index in [4.69, 9.17) is 16.2 Å². The molecular weight excluding hydrogens is 320 g/mol. The fourth-order valence-electron chi connectivity index (χ4n) is 2.15. The number of rotatable bonds is 8. The highest BCUT2D eigenvalue weighted by atomic mass is 16.5. The van der Waals surface area contributed by atoms with Gasteiger partial charge in [-0.2, -0.15) is 4.98 Å². The molecule has 0 fully saturated rings. The van der Waals surface area contributed by atoms with Gasteiger partial charge in [-0.3, -0.25) is 4.79 Å². The van der Waals surface area contributed by atoms with Gasteiger partial charge in [-0.25, -0.2) is 4.98 Å². The minimum atomic E-state index is -0.605. The molecule has 2 aromatic rings. The Morgan fingerprint density at radius 1 is 1.40 bits per heavy atom. The number of amides is 1. The average molecular weight is 344 g/mol. The summed E-state index contributed by atoms with van der Waals surface area (Å²) in [6.07, 6.45) is 1.28. The lowest BCUT2D eigenvalue weighted by Crippen LogP contribution is -2.40. The number of nitrogens with one attached hydrogen (secondary N) is 2. The van der Waals surface area contributed by atoms with Crippen LogP contribution in [0.15, 0.2) is 30.5 Å². The predicted molar refractivity (Wildman–Crippen MR) is 97.9 cm³/mol. The number of hydrogen-bond acceptors (Lipinski definition) is 7. The van der Waals surface area contributed by atoms with Gasteiger partial charge in [0, 0.05) is 31.6 Å². The number of hydrogen-bond donors (Lipinski definition) is 4. The van der Waals surface area contributed by atoms with Crippen LogP contribution in [0.5, 0.6) is 0 Å². The smallest absolute Gasteiger partial charge is 0.254 e. The first-order chi connectivity index (χ1) is 11.9. The number of ether oxygens (including phenoxy) is 1. The summed E-state index contributed by atoms with van der Waals surface area (Å²) in [5, 5.41) is 6.15. The Hall–Kier alpha value is -2.71. The van der Waals surface area contributed by atoms with Crippen LogP contribution < -0.4 is 22.1 Å². The fraction of sp³-hybridized carbons (Fsp3) is 0.353. The zero-order chi connectivity index (χ0) is 18.4. The zero-order valence-corrected chi connectivity index (χ0v) is 14.6. The number of carbonyl (C=O) groups is 1. The number of primary amides is 1. The van der Waals surface area contributed by atoms with Gasteiger partial charge in [0.15, 0.2) is 0 Å². The molecule has 2 atom stereocenters. The van der Waals surface area contributed by atoms with E-state index in [1.807, 2.05) is 38.1 Å². The SMILES string of the molecule is CO[C@@H](C)[C@H](N)CNc1ncc(C(N)=O)c(Nc2cccc(C)c2)n1. The van der Waals surface area contributed by atoms with Gasteiger partial charge in [0.1, 0.15) is 11.4 Å². The highest BCUT2D eigenvalue weighted by molar-refractivity contribution is 5.98. The molecule has 0 saturated heterocycles. The monoisotopic (exact) mass is 344 g/mol. The number of methoxy groups -OCH3 is 1. The van der Waals surface area contributed by atoms with Crippen LogP contribution in [0.25, 0.3) is 0 Å². The highest BCUT2D eigenvalue weighted by Crippen LogP contribution is 2.20. The number of carbonyl (C=O) groups excluding carboxylic acids is 1. The Kier molecular flexibility index (Phi) is 6.26. The van der Waals surface area contributed by atoms with Crippen molar-refractivity contribution in [1.82, 2.24) is 9.97 Å². The van der Waals surface area contributed by atoms with E-state index >= 15 is 0 Å². The summed E-state index contributed by atoms with van der Waals surface area (Å²) in [6.45, 7) is 4.29. The lowest BCUT2D eigenvalue weighted by Gasteiger charge is -2.19. The number of nitrogens with zero attached hydrogens (tertiary/aromatic N) is 2. The third-order valence-electron chi connectivity index (χ3n) is 3.81. The van der Waals surface area contributed by atoms with E-state index in [1.165, 1.54) is 6.20 Å². The van der Waals surface area contributed by atoms with Crippen molar-refractivity contribution < 1.29 is 9.53 Å². The summed E-state index contributed by atoms with van der Waals surface area (Å²) in [7, 11) is 1.60. The number of anilines is 3. The normalized spacial score (nSPS) is 13.1. The molecule has 0 bridgehead atoms. The molecule has 1 amide bonds. The fourth-order valence-corrected chi connectivity index (χ4v) is 2.15. The topological polar surface area (TPSA) is 128 Å². The van der Waals surface area contributed by atoms with Gasteiger partial charge in [-0.1, -0.05) is 12.1 Å². The van der Waals surface area contributed by atoms with E-state index in [0.29, 0.717) is 18.3 Å². The first-order valence-electron chi connectivity index (χ1n) is 7.93. The lowest BCUT2D eigenvalue weighted by atomic mass is 10.2. The molecule has 0 aliphatic heterocycles. The third kappa shape index (κ3) is 5.13. The molecule has 25 heavy (non-hydrogen) atoms. The maximum absolute atomic E-state index is 11.6. The molecular formula is C17H24N6O2. The van der Waals surface area contributed by atoms with E-state index in [2.05, 4.69) is 20.6 Å². The molecule has 2 rings (SSSR count). The van der Waals surface area contributed by atoms with Crippen molar-refractivity contribution in [2.24, 2.45) is 11.5 Å². The van der Waals surface area contributed by atoms with Crippen LogP contribution in [-0.2, 0) is 4.74 Å². The Morgan fingerprint density at radius 3 is 2.80 bits per heavy atom. The van der Waals surface area contributed by atoms with Crippen molar-refractivity contribution >= 4 is 23.4 Å². The molecule has 0 spiro atoms. The first-order valence-corrected chi connectivity index (χ1v) is 7.93. The number of aromatic nitrogens is 2. The Bertz CT molecular complexity index is 737. The van der Waals surface area contributed by atoms with E-state index in [-0.39, 0.29) is 17.7 Å². The Balaban J connectivity index is 2.20. The third-order valence-corrected chi connectivity index (χ3v) is 3.81. The molecule has 8 nitrogen and oxygen atoms in total. The minimum absolute atomic E-state index is 0.109. The summed E-state index contributed by atoms with van der Waals surface area (Å²) < 4.78 is 5.19. The summed E-state index contributed by atoms with van der Waals surface area (Å²) >= 11 is 0. The van der Waals surface area contributed by atoms with Gasteiger partial charge < -0.3 is 26.8 Å². The van der Waals surface area contributed by atoms with Crippen LogP contribution in [0.4, 0.5) is 17.5 Å². The molecule has 0 aliphatic carbocycles. The molecule has 1 aromatic carbocycles. The van der Waals surface area contributed by atoms with Crippen LogP contribution in [0.1, 0.15) is 22.8 Å². The first kappa shape index (κ1) is 18.6. The Morgan fingerprint density at radius 2 is 2.16 bits per heavy atom. The average Bonchev–Trinajstić information content (AvgIpc) is 2.58. The molecule has 134 valence electrons. The van der Waals surface area contributed by atoms with Crippen LogP contribution in [0.2, 0.25) is 0 Å². The van der Waals surface area contributed by atoms with Crippen LogP contribution in [-0.4, -0.2) is 41.7 Å². The van der Waals surface area contributed by atoms with E-state index in [1.54, 1.807) is 7.11 Å². The second-order valence-corrected chi connectivity index (χ2v) is 5.80. The second kappa shape index (κ2) is 8.41. The zero-order valence-electron chi connectivity index (χ0n) is 14.6. The van der Waals surface area contributed by atoms with Crippen molar-refractivity contribution in [3.63, 3.8) is 0 Å². The summed E-state index contributed by atoms with van der Waals surface area (Å²) in [5.74, 6) is 0.0780. The molecule has 1 aromatic heterocycles. The van der Waals surface area contributed by atoms with Crippen LogP contribution in [0.3, 0.4) is 0 Å². The van der Waals surface area contributed by atoms with Crippen molar-refractivity contribution in [1.29, 1.82) is 0 Å². The van der Waals surface area contributed by atoms with Crippen molar-refractivity contribution in [3.8, 4) is 0 Å². The molecule has 6 N–H and O–H groups in total. The maximum Gasteiger partial charge on any atom is 0.254 e. The van der Waals surface area contributed by atoms with E-state index < -0.39 is 5.91 Å². The molecule has 0 unspecified atom stereocenters. The quantitative estimate of drug-likeness (QED) is 0.570.